The lowest BCUT2D eigenvalue weighted by atomic mass is 9.32. The van der Waals surface area contributed by atoms with E-state index in [1.807, 2.05) is 20.8 Å². The van der Waals surface area contributed by atoms with Gasteiger partial charge in [0.25, 0.3) is 0 Å². The Hall–Kier alpha value is -1.85. The standard InChI is InChI=1S/C39H62O6/c1-11-44-33(43)39-19-14-25(24(2)3)32(39)26-12-13-28-36(8)17-16-29(45-31(42)23-34(4,5)22-30(40)41)35(6,7)27(36)15-18-38(28,10)37(26,9)20-21-39/h25-29,32H,2,11-23H2,1,3-10H3,(H,40,41)/t25-,26+,27-,28+,29-,32+,36-,37+,38+,39-/m0/s1. The molecule has 254 valence electrons. The molecule has 0 unspecified atom stereocenters. The lowest BCUT2D eigenvalue weighted by molar-refractivity contribution is -0.251. The van der Waals surface area contributed by atoms with Gasteiger partial charge in [0.2, 0.25) is 0 Å². The number of carboxylic acids is 1. The van der Waals surface area contributed by atoms with Crippen LogP contribution in [0, 0.1) is 62.1 Å². The first kappa shape index (κ1) is 34.5. The summed E-state index contributed by atoms with van der Waals surface area (Å²) in [6.45, 7) is 25.0. The predicted molar refractivity (Wildman–Crippen MR) is 176 cm³/mol. The quantitative estimate of drug-likeness (QED) is 0.214. The minimum absolute atomic E-state index is 0.0460. The maximum absolute atomic E-state index is 13.7. The molecule has 5 saturated carbocycles. The fourth-order valence-corrected chi connectivity index (χ4v) is 13.0. The Morgan fingerprint density at radius 3 is 2.16 bits per heavy atom. The molecule has 0 aromatic rings. The summed E-state index contributed by atoms with van der Waals surface area (Å²) in [5.41, 5.74) is 0.535. The van der Waals surface area contributed by atoms with Crippen molar-refractivity contribution in [3.63, 3.8) is 0 Å². The normalized spacial score (nSPS) is 43.6. The third kappa shape index (κ3) is 5.21. The highest BCUT2D eigenvalue weighted by molar-refractivity contribution is 5.78. The molecule has 10 atom stereocenters. The van der Waals surface area contributed by atoms with Crippen LogP contribution in [-0.4, -0.2) is 35.7 Å². The maximum Gasteiger partial charge on any atom is 0.312 e. The van der Waals surface area contributed by atoms with Gasteiger partial charge in [-0.25, -0.2) is 0 Å². The Bertz CT molecular complexity index is 1220. The average molecular weight is 627 g/mol. The van der Waals surface area contributed by atoms with Crippen LogP contribution < -0.4 is 0 Å². The van der Waals surface area contributed by atoms with Crippen molar-refractivity contribution < 1.29 is 29.0 Å². The Kier molecular flexibility index (Phi) is 8.73. The third-order valence-electron chi connectivity index (χ3n) is 15.2. The van der Waals surface area contributed by atoms with E-state index in [9.17, 15) is 19.5 Å². The molecular formula is C39H62O6. The van der Waals surface area contributed by atoms with E-state index in [0.717, 1.165) is 57.8 Å². The van der Waals surface area contributed by atoms with Crippen LogP contribution in [0.1, 0.15) is 139 Å². The van der Waals surface area contributed by atoms with Crippen LogP contribution >= 0.6 is 0 Å². The molecule has 0 bridgehead atoms. The van der Waals surface area contributed by atoms with Crippen molar-refractivity contribution in [2.45, 2.75) is 145 Å². The van der Waals surface area contributed by atoms with Gasteiger partial charge in [0.05, 0.1) is 24.9 Å². The van der Waals surface area contributed by atoms with Gasteiger partial charge in [-0.3, -0.25) is 14.4 Å². The zero-order valence-corrected chi connectivity index (χ0v) is 29.9. The minimum Gasteiger partial charge on any atom is -0.481 e. The highest BCUT2D eigenvalue weighted by Crippen LogP contribution is 2.77. The lowest BCUT2D eigenvalue weighted by Gasteiger charge is -2.72. The van der Waals surface area contributed by atoms with Crippen LogP contribution in [0.25, 0.3) is 0 Å². The number of ether oxygens (including phenoxy) is 2. The lowest BCUT2D eigenvalue weighted by Crippen LogP contribution is -2.67. The van der Waals surface area contributed by atoms with Crippen molar-refractivity contribution in [3.05, 3.63) is 12.2 Å². The van der Waals surface area contributed by atoms with Gasteiger partial charge in [-0.15, -0.1) is 0 Å². The van der Waals surface area contributed by atoms with E-state index in [2.05, 4.69) is 48.1 Å². The molecule has 5 rings (SSSR count). The van der Waals surface area contributed by atoms with E-state index in [1.165, 1.54) is 12.0 Å². The van der Waals surface area contributed by atoms with Crippen LogP contribution in [0.15, 0.2) is 12.2 Å². The second-order valence-electron chi connectivity index (χ2n) is 18.3. The summed E-state index contributed by atoms with van der Waals surface area (Å²) >= 11 is 0. The van der Waals surface area contributed by atoms with Crippen molar-refractivity contribution in [1.29, 1.82) is 0 Å². The van der Waals surface area contributed by atoms with Crippen LogP contribution in [0.2, 0.25) is 0 Å². The van der Waals surface area contributed by atoms with Gasteiger partial charge in [0, 0.05) is 5.41 Å². The van der Waals surface area contributed by atoms with Gasteiger partial charge < -0.3 is 14.6 Å². The smallest absolute Gasteiger partial charge is 0.312 e. The number of fused-ring (bicyclic) bond motifs is 7. The summed E-state index contributed by atoms with van der Waals surface area (Å²) in [6.07, 6.45) is 10.4. The second-order valence-corrected chi connectivity index (χ2v) is 18.3. The van der Waals surface area contributed by atoms with Gasteiger partial charge in [-0.05, 0) is 129 Å². The van der Waals surface area contributed by atoms with Crippen molar-refractivity contribution in [3.8, 4) is 0 Å². The highest BCUT2D eigenvalue weighted by Gasteiger charge is 2.72. The van der Waals surface area contributed by atoms with Crippen LogP contribution in [0.5, 0.6) is 0 Å². The minimum atomic E-state index is -0.886. The first-order valence-electron chi connectivity index (χ1n) is 18.0. The fourth-order valence-electron chi connectivity index (χ4n) is 13.0. The zero-order valence-electron chi connectivity index (χ0n) is 29.9. The molecule has 0 radical (unpaired) electrons. The predicted octanol–water partition coefficient (Wildman–Crippen LogP) is 9.01. The molecule has 6 heteroatoms. The van der Waals surface area contributed by atoms with Crippen LogP contribution in [0.4, 0.5) is 0 Å². The second kappa shape index (κ2) is 11.4. The monoisotopic (exact) mass is 626 g/mol. The summed E-state index contributed by atoms with van der Waals surface area (Å²) < 4.78 is 12.1. The molecule has 0 spiro atoms. The summed E-state index contributed by atoms with van der Waals surface area (Å²) in [4.78, 5) is 38.2. The molecule has 0 amide bonds. The summed E-state index contributed by atoms with van der Waals surface area (Å²) in [6, 6.07) is 0. The molecule has 5 aliphatic carbocycles. The molecule has 0 aromatic heterocycles. The van der Waals surface area contributed by atoms with Crippen LogP contribution in [0.3, 0.4) is 0 Å². The molecule has 5 aliphatic rings. The van der Waals surface area contributed by atoms with Crippen molar-refractivity contribution in [1.82, 2.24) is 0 Å². The Morgan fingerprint density at radius 2 is 1.53 bits per heavy atom. The Morgan fingerprint density at radius 1 is 0.844 bits per heavy atom. The van der Waals surface area contributed by atoms with E-state index in [1.54, 1.807) is 0 Å². The SMILES string of the molecule is C=C(C)[C@@H]1CC[C@]2(C(=O)OCC)CC[C@]3(C)[C@H](CC[C@@H]4[C@@]5(C)CC[C@H](OC(=O)CC(C)(C)CC(=O)O)C(C)(C)[C@@H]5CC[C@]43C)[C@@H]12. The molecule has 0 saturated heterocycles. The average Bonchev–Trinajstić information content (AvgIpc) is 3.31. The van der Waals surface area contributed by atoms with E-state index in [4.69, 9.17) is 9.47 Å². The van der Waals surface area contributed by atoms with Crippen LogP contribution in [-0.2, 0) is 23.9 Å². The molecule has 45 heavy (non-hydrogen) atoms. The molecule has 6 nitrogen and oxygen atoms in total. The summed E-state index contributed by atoms with van der Waals surface area (Å²) in [5, 5.41) is 9.29. The Labute approximate surface area is 272 Å². The topological polar surface area (TPSA) is 89.9 Å². The first-order valence-corrected chi connectivity index (χ1v) is 18.0. The van der Waals surface area contributed by atoms with E-state index in [-0.39, 0.29) is 58.0 Å². The van der Waals surface area contributed by atoms with Gasteiger partial charge in [0.15, 0.2) is 0 Å². The number of carbonyl (C=O) groups excluding carboxylic acids is 2. The Balaban J connectivity index is 1.40. The number of allylic oxidation sites excluding steroid dienone is 1. The number of carbonyl (C=O) groups is 3. The number of hydrogen-bond acceptors (Lipinski definition) is 5. The van der Waals surface area contributed by atoms with Crippen molar-refractivity contribution in [2.75, 3.05) is 6.61 Å². The molecule has 0 aliphatic heterocycles. The first-order chi connectivity index (χ1) is 20.8. The van der Waals surface area contributed by atoms with E-state index >= 15 is 0 Å². The third-order valence-corrected chi connectivity index (χ3v) is 15.2. The number of carboxylic acid groups (broad SMARTS) is 1. The fraction of sp³-hybridized carbons (Fsp3) is 0.872. The molecule has 0 aromatic carbocycles. The van der Waals surface area contributed by atoms with E-state index in [0.29, 0.717) is 36.2 Å². The van der Waals surface area contributed by atoms with Gasteiger partial charge in [0.1, 0.15) is 6.10 Å². The van der Waals surface area contributed by atoms with Gasteiger partial charge in [-0.2, -0.15) is 0 Å². The molecule has 5 fully saturated rings. The summed E-state index contributed by atoms with van der Waals surface area (Å²) in [7, 11) is 0. The molecule has 1 N–H and O–H groups in total. The number of rotatable bonds is 8. The number of hydrogen-bond donors (Lipinski definition) is 1. The van der Waals surface area contributed by atoms with Crippen molar-refractivity contribution >= 4 is 17.9 Å². The number of aliphatic carboxylic acids is 1. The number of esters is 2. The highest BCUT2D eigenvalue weighted by atomic mass is 16.5. The van der Waals surface area contributed by atoms with Gasteiger partial charge in [-0.1, -0.05) is 60.6 Å². The molecular weight excluding hydrogens is 564 g/mol. The zero-order chi connectivity index (χ0) is 33.4. The van der Waals surface area contributed by atoms with E-state index < -0.39 is 11.4 Å². The molecule has 0 heterocycles. The summed E-state index contributed by atoms with van der Waals surface area (Å²) in [5.74, 6) is 1.10. The largest absolute Gasteiger partial charge is 0.481 e. The maximum atomic E-state index is 13.7. The van der Waals surface area contributed by atoms with Crippen molar-refractivity contribution in [2.24, 2.45) is 62.1 Å². The van der Waals surface area contributed by atoms with Gasteiger partial charge >= 0.3 is 17.9 Å².